The molecular weight excluding hydrogens is 340 g/mol. The minimum Gasteiger partial charge on any atom is -0.493 e. The first-order chi connectivity index (χ1) is 11.1. The summed E-state index contributed by atoms with van der Waals surface area (Å²) in [6.07, 6.45) is 0.891. The molecule has 0 amide bonds. The smallest absolute Gasteiger partial charge is 0.394 e. The molecule has 2 aromatic rings. The van der Waals surface area contributed by atoms with Crippen LogP contribution in [0.3, 0.4) is 0 Å². The van der Waals surface area contributed by atoms with E-state index in [4.69, 9.17) is 33.7 Å². The van der Waals surface area contributed by atoms with Gasteiger partial charge in [0.05, 0.1) is 12.2 Å². The van der Waals surface area contributed by atoms with Crippen LogP contribution in [0.1, 0.15) is 13.3 Å². The Bertz CT molecular complexity index is 842. The van der Waals surface area contributed by atoms with Gasteiger partial charge in [0.15, 0.2) is 5.82 Å². The van der Waals surface area contributed by atoms with Gasteiger partial charge >= 0.3 is 10.4 Å². The number of nitrogens with one attached hydrogen (secondary N) is 1. The Morgan fingerprint density at radius 2 is 1.83 bits per heavy atom. The quantitative estimate of drug-likeness (QED) is 0.492. The van der Waals surface area contributed by atoms with Gasteiger partial charge in [-0.2, -0.15) is 8.42 Å². The Kier molecular flexibility index (Phi) is 6.70. The Labute approximate surface area is 138 Å². The standard InChI is InChI=1S/C13H16N4O2.H2O4S/c1-2-7-19-9-6-4-3-5-8(9)12-16-11(15)10(14)13(18)17-12;1-5(2,3)4/h3-6H,2,7,14H2,1H3,(H3,15,16,17,18);(H2,1,2,3,4). The molecule has 0 aliphatic rings. The summed E-state index contributed by atoms with van der Waals surface area (Å²) in [5, 5.41) is 0. The van der Waals surface area contributed by atoms with E-state index in [1.807, 2.05) is 25.1 Å². The van der Waals surface area contributed by atoms with E-state index in [2.05, 4.69) is 9.97 Å². The molecule has 11 heteroatoms. The molecular formula is C13H18N4O6S. The zero-order valence-electron chi connectivity index (χ0n) is 12.8. The summed E-state index contributed by atoms with van der Waals surface area (Å²) in [5.41, 5.74) is 11.3. The number of ether oxygens (including phenoxy) is 1. The molecule has 0 saturated carbocycles. The maximum Gasteiger partial charge on any atom is 0.394 e. The Morgan fingerprint density at radius 3 is 2.38 bits per heavy atom. The van der Waals surface area contributed by atoms with Crippen LogP contribution < -0.4 is 21.8 Å². The number of benzene rings is 1. The Hall–Kier alpha value is -2.63. The normalized spacial score (nSPS) is 10.6. The van der Waals surface area contributed by atoms with E-state index in [0.29, 0.717) is 23.7 Å². The highest BCUT2D eigenvalue weighted by atomic mass is 32.3. The second-order valence-corrected chi connectivity index (χ2v) is 5.40. The highest BCUT2D eigenvalue weighted by Crippen LogP contribution is 2.27. The molecule has 10 nitrogen and oxygen atoms in total. The number of rotatable bonds is 4. The first-order valence-corrected chi connectivity index (χ1v) is 8.10. The van der Waals surface area contributed by atoms with Crippen LogP contribution in [-0.2, 0) is 10.4 Å². The third-order valence-corrected chi connectivity index (χ3v) is 2.59. The lowest BCUT2D eigenvalue weighted by atomic mass is 10.2. The monoisotopic (exact) mass is 358 g/mol. The molecule has 1 aromatic heterocycles. The van der Waals surface area contributed by atoms with Crippen LogP contribution in [0.15, 0.2) is 29.1 Å². The van der Waals surface area contributed by atoms with Gasteiger partial charge in [0.2, 0.25) is 0 Å². The van der Waals surface area contributed by atoms with E-state index < -0.39 is 16.0 Å². The van der Waals surface area contributed by atoms with Gasteiger partial charge in [-0.05, 0) is 18.6 Å². The zero-order chi connectivity index (χ0) is 18.3. The lowest BCUT2D eigenvalue weighted by Gasteiger charge is -2.10. The maximum absolute atomic E-state index is 11.6. The number of aromatic nitrogens is 2. The van der Waals surface area contributed by atoms with Gasteiger partial charge in [-0.25, -0.2) is 4.98 Å². The summed E-state index contributed by atoms with van der Waals surface area (Å²) in [4.78, 5) is 18.3. The number of H-pyrrole nitrogens is 1. The van der Waals surface area contributed by atoms with Crippen molar-refractivity contribution in [2.24, 2.45) is 0 Å². The zero-order valence-corrected chi connectivity index (χ0v) is 13.6. The number of hydrogen-bond acceptors (Lipinski definition) is 7. The van der Waals surface area contributed by atoms with Crippen molar-refractivity contribution >= 4 is 21.9 Å². The van der Waals surface area contributed by atoms with Crippen LogP contribution in [0, 0.1) is 0 Å². The van der Waals surface area contributed by atoms with Crippen molar-refractivity contribution in [3.63, 3.8) is 0 Å². The van der Waals surface area contributed by atoms with Crippen molar-refractivity contribution in [3.05, 3.63) is 34.6 Å². The molecule has 0 bridgehead atoms. The van der Waals surface area contributed by atoms with Gasteiger partial charge in [0.1, 0.15) is 17.3 Å². The number of nitrogens with zero attached hydrogens (tertiary/aromatic N) is 1. The number of nitrogen functional groups attached to an aromatic ring is 2. The van der Waals surface area contributed by atoms with Crippen molar-refractivity contribution < 1.29 is 22.3 Å². The second-order valence-electron chi connectivity index (χ2n) is 4.51. The van der Waals surface area contributed by atoms with E-state index >= 15 is 0 Å². The summed E-state index contributed by atoms with van der Waals surface area (Å²) in [6, 6.07) is 7.31. The van der Waals surface area contributed by atoms with Gasteiger partial charge in [0.25, 0.3) is 5.56 Å². The molecule has 7 N–H and O–H groups in total. The first kappa shape index (κ1) is 19.4. The topological polar surface area (TPSA) is 182 Å². The Balaban J connectivity index is 0.000000505. The molecule has 0 atom stereocenters. The van der Waals surface area contributed by atoms with E-state index in [9.17, 15) is 4.79 Å². The van der Waals surface area contributed by atoms with E-state index in [1.54, 1.807) is 6.07 Å². The predicted molar refractivity (Wildman–Crippen MR) is 89.1 cm³/mol. The number of aromatic amines is 1. The number of para-hydroxylation sites is 1. The molecule has 0 aliphatic carbocycles. The fourth-order valence-electron chi connectivity index (χ4n) is 1.63. The minimum atomic E-state index is -4.67. The van der Waals surface area contributed by atoms with E-state index in [0.717, 1.165) is 6.42 Å². The second kappa shape index (κ2) is 8.29. The van der Waals surface area contributed by atoms with Crippen LogP contribution in [0.2, 0.25) is 0 Å². The first-order valence-electron chi connectivity index (χ1n) is 6.70. The van der Waals surface area contributed by atoms with Crippen LogP contribution in [0.4, 0.5) is 11.5 Å². The molecule has 24 heavy (non-hydrogen) atoms. The molecule has 0 spiro atoms. The summed E-state index contributed by atoms with van der Waals surface area (Å²) in [5.74, 6) is 1.02. The van der Waals surface area contributed by atoms with Gasteiger partial charge in [-0.15, -0.1) is 0 Å². The molecule has 0 fully saturated rings. The number of nitrogens with two attached hydrogens (primary N) is 2. The van der Waals surface area contributed by atoms with Crippen LogP contribution in [0.25, 0.3) is 11.4 Å². The van der Waals surface area contributed by atoms with Crippen molar-refractivity contribution in [2.45, 2.75) is 13.3 Å². The van der Waals surface area contributed by atoms with Crippen LogP contribution in [-0.4, -0.2) is 34.1 Å². The highest BCUT2D eigenvalue weighted by molar-refractivity contribution is 7.79. The molecule has 0 saturated heterocycles. The lowest BCUT2D eigenvalue weighted by Crippen LogP contribution is -2.17. The maximum atomic E-state index is 11.6. The van der Waals surface area contributed by atoms with Gasteiger partial charge < -0.3 is 21.2 Å². The van der Waals surface area contributed by atoms with Crippen LogP contribution >= 0.6 is 0 Å². The third kappa shape index (κ3) is 6.24. The Morgan fingerprint density at radius 1 is 1.25 bits per heavy atom. The van der Waals surface area contributed by atoms with Gasteiger partial charge in [-0.1, -0.05) is 19.1 Å². The number of anilines is 2. The van der Waals surface area contributed by atoms with Crippen molar-refractivity contribution in [2.75, 3.05) is 18.1 Å². The SMILES string of the molecule is CCCOc1ccccc1-c1nc(N)c(N)c(=O)[nH]1.O=S(=O)(O)O. The minimum absolute atomic E-state index is 0.0176. The van der Waals surface area contributed by atoms with Gasteiger partial charge in [-0.3, -0.25) is 13.9 Å². The average molecular weight is 358 g/mol. The molecule has 2 rings (SSSR count). The van der Waals surface area contributed by atoms with Crippen LogP contribution in [0.5, 0.6) is 5.75 Å². The lowest BCUT2D eigenvalue weighted by molar-refractivity contribution is 0.318. The summed E-state index contributed by atoms with van der Waals surface area (Å²) < 4.78 is 37.2. The van der Waals surface area contributed by atoms with Crippen molar-refractivity contribution in [3.8, 4) is 17.1 Å². The molecule has 132 valence electrons. The molecule has 0 unspecified atom stereocenters. The van der Waals surface area contributed by atoms with Crippen molar-refractivity contribution in [1.82, 2.24) is 9.97 Å². The summed E-state index contributed by atoms with van der Waals surface area (Å²) in [6.45, 7) is 2.61. The fourth-order valence-corrected chi connectivity index (χ4v) is 1.63. The summed E-state index contributed by atoms with van der Waals surface area (Å²) >= 11 is 0. The highest BCUT2D eigenvalue weighted by Gasteiger charge is 2.11. The number of hydrogen-bond donors (Lipinski definition) is 5. The molecule has 1 heterocycles. The van der Waals surface area contributed by atoms with Crippen molar-refractivity contribution in [1.29, 1.82) is 0 Å². The predicted octanol–water partition coefficient (Wildman–Crippen LogP) is 0.737. The largest absolute Gasteiger partial charge is 0.493 e. The average Bonchev–Trinajstić information content (AvgIpc) is 2.49. The molecule has 0 radical (unpaired) electrons. The third-order valence-electron chi connectivity index (χ3n) is 2.59. The van der Waals surface area contributed by atoms with E-state index in [-0.39, 0.29) is 11.5 Å². The van der Waals surface area contributed by atoms with E-state index in [1.165, 1.54) is 0 Å². The molecule has 0 aliphatic heterocycles. The summed E-state index contributed by atoms with van der Waals surface area (Å²) in [7, 11) is -4.67. The fraction of sp³-hybridized carbons (Fsp3) is 0.231. The van der Waals surface area contributed by atoms with Gasteiger partial charge in [0, 0.05) is 0 Å². The molecule has 1 aromatic carbocycles.